The summed E-state index contributed by atoms with van der Waals surface area (Å²) in [4.78, 5) is 28.8. The molecule has 0 fully saturated rings. The van der Waals surface area contributed by atoms with E-state index in [1.54, 1.807) is 17.5 Å². The van der Waals surface area contributed by atoms with Gasteiger partial charge in [0.2, 0.25) is 11.8 Å². The maximum atomic E-state index is 14.0. The minimum absolute atomic E-state index is 0.127. The first-order valence-electron chi connectivity index (χ1n) is 6.93. The van der Waals surface area contributed by atoms with Crippen molar-refractivity contribution in [3.05, 3.63) is 47.2 Å². The Morgan fingerprint density at radius 1 is 1.46 bits per heavy atom. The van der Waals surface area contributed by atoms with Gasteiger partial charge in [-0.25, -0.2) is 9.37 Å². The van der Waals surface area contributed by atoms with Gasteiger partial charge in [-0.3, -0.25) is 14.5 Å². The van der Waals surface area contributed by atoms with E-state index in [0.29, 0.717) is 10.8 Å². The molecular formula is C17H14FN3O2S. The van der Waals surface area contributed by atoms with Crippen LogP contribution in [0, 0.1) is 18.2 Å². The number of para-hydroxylation sites is 1. The molecule has 2 amide bonds. The van der Waals surface area contributed by atoms with E-state index < -0.39 is 5.82 Å². The monoisotopic (exact) mass is 343 g/mol. The lowest BCUT2D eigenvalue weighted by Gasteiger charge is -2.18. The number of amides is 2. The number of nitrogens with zero attached hydrogens (tertiary/aromatic N) is 2. The first kappa shape index (κ1) is 17.4. The molecule has 1 aromatic heterocycles. The molecule has 0 saturated heterocycles. The van der Waals surface area contributed by atoms with Crippen molar-refractivity contribution in [2.75, 3.05) is 11.4 Å². The second kappa shape index (κ2) is 8.04. The topological polar surface area (TPSA) is 62.3 Å². The fourth-order valence-electron chi connectivity index (χ4n) is 1.85. The second-order valence-corrected chi connectivity index (χ2v) is 5.45. The number of nitrogens with one attached hydrogen (secondary N) is 1. The number of benzene rings is 1. The zero-order chi connectivity index (χ0) is 17.5. The van der Waals surface area contributed by atoms with Crippen molar-refractivity contribution in [1.29, 1.82) is 0 Å². The van der Waals surface area contributed by atoms with Crippen molar-refractivity contribution in [1.82, 2.24) is 10.3 Å². The molecule has 0 aliphatic rings. The summed E-state index contributed by atoms with van der Waals surface area (Å²) in [6, 6.07) is 5.96. The van der Waals surface area contributed by atoms with Crippen molar-refractivity contribution < 1.29 is 14.0 Å². The standard InChI is InChI=1S/C17H14FN3O2S/c1-3-10-19-16(23)9-8-13-11-24-17(20-13)21(12(2)22)15-7-5-4-6-14(15)18/h1,4-9,11H,10H2,2H3,(H,19,23). The summed E-state index contributed by atoms with van der Waals surface area (Å²) < 4.78 is 14.0. The molecule has 24 heavy (non-hydrogen) atoms. The van der Waals surface area contributed by atoms with Crippen LogP contribution < -0.4 is 10.2 Å². The van der Waals surface area contributed by atoms with E-state index in [9.17, 15) is 14.0 Å². The SMILES string of the molecule is C#CCNC(=O)C=Cc1csc(N(C(C)=O)c2ccccc2F)n1. The van der Waals surface area contributed by atoms with Crippen molar-refractivity contribution in [2.24, 2.45) is 0 Å². The number of hydrogen-bond acceptors (Lipinski definition) is 4. The molecule has 0 saturated carbocycles. The minimum Gasteiger partial charge on any atom is -0.342 e. The second-order valence-electron chi connectivity index (χ2n) is 4.62. The van der Waals surface area contributed by atoms with Crippen molar-refractivity contribution >= 4 is 40.0 Å². The molecule has 0 bridgehead atoms. The number of aromatic nitrogens is 1. The van der Waals surface area contributed by atoms with Crippen LogP contribution in [0.1, 0.15) is 12.6 Å². The summed E-state index contributed by atoms with van der Waals surface area (Å²) in [5, 5.41) is 4.46. The summed E-state index contributed by atoms with van der Waals surface area (Å²) >= 11 is 1.17. The van der Waals surface area contributed by atoms with Crippen LogP contribution in [0.2, 0.25) is 0 Å². The van der Waals surface area contributed by atoms with Gasteiger partial charge >= 0.3 is 0 Å². The highest BCUT2D eigenvalue weighted by Crippen LogP contribution is 2.30. The molecule has 1 N–H and O–H groups in total. The zero-order valence-corrected chi connectivity index (χ0v) is 13.6. The van der Waals surface area contributed by atoms with Gasteiger partial charge in [0.25, 0.3) is 0 Å². The Balaban J connectivity index is 2.23. The molecule has 0 radical (unpaired) electrons. The molecular weight excluding hydrogens is 329 g/mol. The van der Waals surface area contributed by atoms with Crippen LogP contribution in [0.5, 0.6) is 0 Å². The first-order chi connectivity index (χ1) is 11.5. The van der Waals surface area contributed by atoms with Gasteiger partial charge < -0.3 is 5.32 Å². The molecule has 1 aromatic carbocycles. The smallest absolute Gasteiger partial charge is 0.244 e. The van der Waals surface area contributed by atoms with Crippen molar-refractivity contribution in [3.8, 4) is 12.3 Å². The number of terminal acetylenes is 1. The summed E-state index contributed by atoms with van der Waals surface area (Å²) in [6.07, 6.45) is 7.83. The quantitative estimate of drug-likeness (QED) is 0.671. The number of hydrogen-bond donors (Lipinski definition) is 1. The molecule has 0 atom stereocenters. The molecule has 5 nitrogen and oxygen atoms in total. The molecule has 1 heterocycles. The Hall–Kier alpha value is -2.98. The van der Waals surface area contributed by atoms with E-state index in [0.717, 1.165) is 0 Å². The third kappa shape index (κ3) is 4.27. The summed E-state index contributed by atoms with van der Waals surface area (Å²) in [5.41, 5.74) is 0.607. The lowest BCUT2D eigenvalue weighted by atomic mass is 10.3. The Morgan fingerprint density at radius 3 is 2.88 bits per heavy atom. The van der Waals surface area contributed by atoms with Crippen LogP contribution in [0.4, 0.5) is 15.2 Å². The van der Waals surface area contributed by atoms with E-state index >= 15 is 0 Å². The van der Waals surface area contributed by atoms with Gasteiger partial charge in [-0.05, 0) is 18.2 Å². The average molecular weight is 343 g/mol. The Labute approximate surface area is 142 Å². The summed E-state index contributed by atoms with van der Waals surface area (Å²) in [6.45, 7) is 1.47. The van der Waals surface area contributed by atoms with Gasteiger partial charge in [-0.15, -0.1) is 17.8 Å². The van der Waals surface area contributed by atoms with Crippen LogP contribution in [-0.4, -0.2) is 23.3 Å². The zero-order valence-electron chi connectivity index (χ0n) is 12.8. The van der Waals surface area contributed by atoms with Gasteiger partial charge in [-0.1, -0.05) is 18.1 Å². The van der Waals surface area contributed by atoms with Gasteiger partial charge in [0.15, 0.2) is 5.13 Å². The van der Waals surface area contributed by atoms with E-state index in [-0.39, 0.29) is 24.0 Å². The molecule has 0 unspecified atom stereocenters. The largest absolute Gasteiger partial charge is 0.342 e. The molecule has 0 aliphatic carbocycles. The third-order valence-electron chi connectivity index (χ3n) is 2.88. The van der Waals surface area contributed by atoms with Crippen molar-refractivity contribution in [3.63, 3.8) is 0 Å². The normalized spacial score (nSPS) is 10.4. The molecule has 0 aliphatic heterocycles. The van der Waals surface area contributed by atoms with E-state index in [4.69, 9.17) is 6.42 Å². The first-order valence-corrected chi connectivity index (χ1v) is 7.81. The van der Waals surface area contributed by atoms with Gasteiger partial charge in [-0.2, -0.15) is 0 Å². The lowest BCUT2D eigenvalue weighted by molar-refractivity contribution is -0.116. The summed E-state index contributed by atoms with van der Waals surface area (Å²) in [5.74, 6) is 1.06. The van der Waals surface area contributed by atoms with E-state index in [2.05, 4.69) is 16.2 Å². The van der Waals surface area contributed by atoms with Crippen LogP contribution in [0.25, 0.3) is 6.08 Å². The van der Waals surface area contributed by atoms with Crippen molar-refractivity contribution in [2.45, 2.75) is 6.92 Å². The Kier molecular flexibility index (Phi) is 5.82. The molecule has 0 spiro atoms. The lowest BCUT2D eigenvalue weighted by Crippen LogP contribution is -2.23. The highest BCUT2D eigenvalue weighted by Gasteiger charge is 2.20. The molecule has 2 rings (SSSR count). The average Bonchev–Trinajstić information content (AvgIpc) is 3.01. The molecule has 2 aromatic rings. The fraction of sp³-hybridized carbons (Fsp3) is 0.118. The number of halogens is 1. The number of thiazole rings is 1. The van der Waals surface area contributed by atoms with Gasteiger partial charge in [0, 0.05) is 18.4 Å². The highest BCUT2D eigenvalue weighted by molar-refractivity contribution is 7.14. The number of carbonyl (C=O) groups is 2. The predicted octanol–water partition coefficient (Wildman–Crippen LogP) is 2.73. The van der Waals surface area contributed by atoms with Crippen LogP contribution in [0.15, 0.2) is 35.7 Å². The Bertz CT molecular complexity index is 823. The van der Waals surface area contributed by atoms with Crippen LogP contribution in [0.3, 0.4) is 0 Å². The molecule has 122 valence electrons. The maximum absolute atomic E-state index is 14.0. The van der Waals surface area contributed by atoms with Crippen LogP contribution >= 0.6 is 11.3 Å². The number of carbonyl (C=O) groups excluding carboxylic acids is 2. The van der Waals surface area contributed by atoms with Gasteiger partial charge in [0.1, 0.15) is 5.82 Å². The van der Waals surface area contributed by atoms with Crippen LogP contribution in [-0.2, 0) is 9.59 Å². The minimum atomic E-state index is -0.520. The van der Waals surface area contributed by atoms with E-state index in [1.807, 2.05) is 0 Å². The predicted molar refractivity (Wildman–Crippen MR) is 92.2 cm³/mol. The Morgan fingerprint density at radius 2 is 2.21 bits per heavy atom. The fourth-order valence-corrected chi connectivity index (χ4v) is 2.70. The maximum Gasteiger partial charge on any atom is 0.244 e. The van der Waals surface area contributed by atoms with Gasteiger partial charge in [0.05, 0.1) is 17.9 Å². The summed E-state index contributed by atoms with van der Waals surface area (Å²) in [7, 11) is 0. The number of rotatable bonds is 5. The number of anilines is 2. The third-order valence-corrected chi connectivity index (χ3v) is 3.72. The molecule has 7 heteroatoms. The van der Waals surface area contributed by atoms with E-state index in [1.165, 1.54) is 47.4 Å². The highest BCUT2D eigenvalue weighted by atomic mass is 32.1.